The highest BCUT2D eigenvalue weighted by atomic mass is 32.2. The normalized spacial score (nSPS) is 12.1. The van der Waals surface area contributed by atoms with Crippen molar-refractivity contribution in [1.29, 1.82) is 0 Å². The molecule has 17 heavy (non-hydrogen) atoms. The van der Waals surface area contributed by atoms with Gasteiger partial charge in [0.25, 0.3) is 0 Å². The highest BCUT2D eigenvalue weighted by Crippen LogP contribution is 2.20. The van der Waals surface area contributed by atoms with E-state index in [1.165, 1.54) is 6.07 Å². The number of fused-ring (bicyclic) bond motifs is 1. The fourth-order valence-corrected chi connectivity index (χ4v) is 3.18. The van der Waals surface area contributed by atoms with E-state index in [1.807, 2.05) is 0 Å². The van der Waals surface area contributed by atoms with Gasteiger partial charge in [-0.2, -0.15) is 8.75 Å². The van der Waals surface area contributed by atoms with Gasteiger partial charge in [-0.3, -0.25) is 0 Å². The lowest BCUT2D eigenvalue weighted by molar-refractivity contribution is 0.580. The lowest BCUT2D eigenvalue weighted by atomic mass is 10.3. The van der Waals surface area contributed by atoms with Gasteiger partial charge in [-0.25, -0.2) is 13.1 Å². The molecule has 0 atom stereocenters. The molecule has 6 nitrogen and oxygen atoms in total. The summed E-state index contributed by atoms with van der Waals surface area (Å²) in [5, 5.41) is 2.87. The first kappa shape index (κ1) is 12.4. The predicted octanol–water partition coefficient (Wildman–Crippen LogP) is 0.189. The van der Waals surface area contributed by atoms with Crippen LogP contribution in [0.4, 0.5) is 0 Å². The summed E-state index contributed by atoms with van der Waals surface area (Å²) in [4.78, 5) is 0.180. The molecule has 1 aromatic heterocycles. The van der Waals surface area contributed by atoms with Gasteiger partial charge in [0.1, 0.15) is 15.9 Å². The molecule has 0 unspecified atom stereocenters. The van der Waals surface area contributed by atoms with Crippen LogP contribution in [0, 0.1) is 0 Å². The molecule has 0 saturated heterocycles. The maximum Gasteiger partial charge on any atom is 0.242 e. The third-order valence-corrected chi connectivity index (χ3v) is 4.24. The Kier molecular flexibility index (Phi) is 3.67. The van der Waals surface area contributed by atoms with Crippen molar-refractivity contribution in [2.45, 2.75) is 4.90 Å². The largest absolute Gasteiger partial charge is 0.318 e. The summed E-state index contributed by atoms with van der Waals surface area (Å²) in [5.74, 6) is 0. The summed E-state index contributed by atoms with van der Waals surface area (Å²) in [5.41, 5.74) is 1.03. The molecule has 0 spiro atoms. The number of nitrogens with one attached hydrogen (secondary N) is 2. The van der Waals surface area contributed by atoms with Gasteiger partial charge >= 0.3 is 0 Å². The van der Waals surface area contributed by atoms with E-state index in [-0.39, 0.29) is 4.90 Å². The minimum Gasteiger partial charge on any atom is -0.318 e. The lowest BCUT2D eigenvalue weighted by Crippen LogP contribution is -2.30. The van der Waals surface area contributed by atoms with E-state index < -0.39 is 10.0 Å². The third-order valence-electron chi connectivity index (χ3n) is 2.21. The van der Waals surface area contributed by atoms with Crippen molar-refractivity contribution >= 4 is 32.8 Å². The number of sulfonamides is 1. The van der Waals surface area contributed by atoms with Crippen molar-refractivity contribution in [3.8, 4) is 0 Å². The first-order valence-electron chi connectivity index (χ1n) is 5.01. The van der Waals surface area contributed by atoms with Gasteiger partial charge in [-0.15, -0.1) is 0 Å². The highest BCUT2D eigenvalue weighted by molar-refractivity contribution is 7.89. The van der Waals surface area contributed by atoms with Crippen molar-refractivity contribution in [3.63, 3.8) is 0 Å². The lowest BCUT2D eigenvalue weighted by Gasteiger charge is -2.06. The molecule has 1 heterocycles. The molecule has 0 fully saturated rings. The van der Waals surface area contributed by atoms with Gasteiger partial charge in [-0.1, -0.05) is 6.07 Å². The summed E-state index contributed by atoms with van der Waals surface area (Å²) in [6.45, 7) is 0.914. The van der Waals surface area contributed by atoms with Crippen molar-refractivity contribution in [2.75, 3.05) is 20.1 Å². The smallest absolute Gasteiger partial charge is 0.242 e. The zero-order chi connectivity index (χ0) is 12.3. The summed E-state index contributed by atoms with van der Waals surface area (Å²) in [6.07, 6.45) is 0. The van der Waals surface area contributed by atoms with E-state index in [0.717, 1.165) is 11.7 Å². The Balaban J connectivity index is 2.35. The number of rotatable bonds is 5. The van der Waals surface area contributed by atoms with E-state index >= 15 is 0 Å². The average Bonchev–Trinajstić information content (AvgIpc) is 2.76. The molecule has 0 saturated carbocycles. The van der Waals surface area contributed by atoms with E-state index in [0.29, 0.717) is 24.1 Å². The van der Waals surface area contributed by atoms with Gasteiger partial charge in [0.2, 0.25) is 10.0 Å². The monoisotopic (exact) mass is 272 g/mol. The second-order valence-corrected chi connectivity index (χ2v) is 5.65. The number of hydrogen-bond acceptors (Lipinski definition) is 6. The fraction of sp³-hybridized carbons (Fsp3) is 0.333. The van der Waals surface area contributed by atoms with E-state index in [1.54, 1.807) is 19.2 Å². The molecule has 92 valence electrons. The van der Waals surface area contributed by atoms with Crippen LogP contribution in [0.1, 0.15) is 0 Å². The maximum absolute atomic E-state index is 12.0. The standard InChI is InChI=1S/C9H12N4O2S2/c1-10-5-6-11-17(14,15)8-4-2-3-7-9(8)13-16-12-7/h2-4,10-11H,5-6H2,1H3. The zero-order valence-electron chi connectivity index (χ0n) is 9.17. The Labute approximate surface area is 103 Å². The van der Waals surface area contributed by atoms with Crippen LogP contribution in [0.25, 0.3) is 11.0 Å². The van der Waals surface area contributed by atoms with Crippen molar-refractivity contribution in [2.24, 2.45) is 0 Å². The summed E-state index contributed by atoms with van der Waals surface area (Å²) >= 11 is 1.01. The second kappa shape index (κ2) is 5.05. The van der Waals surface area contributed by atoms with Gasteiger partial charge in [0.15, 0.2) is 0 Å². The molecule has 0 amide bonds. The van der Waals surface area contributed by atoms with Gasteiger partial charge < -0.3 is 5.32 Å². The molecule has 1 aromatic carbocycles. The quantitative estimate of drug-likeness (QED) is 0.759. The van der Waals surface area contributed by atoms with Gasteiger partial charge in [0, 0.05) is 13.1 Å². The van der Waals surface area contributed by atoms with Gasteiger partial charge in [-0.05, 0) is 19.2 Å². The van der Waals surface area contributed by atoms with Crippen LogP contribution in [0.3, 0.4) is 0 Å². The number of benzene rings is 1. The molecule has 0 aliphatic carbocycles. The average molecular weight is 272 g/mol. The van der Waals surface area contributed by atoms with Crippen LogP contribution < -0.4 is 10.0 Å². The second-order valence-electron chi connectivity index (χ2n) is 3.39. The Hall–Kier alpha value is -1.09. The molecule has 0 aliphatic heterocycles. The summed E-state index contributed by atoms with van der Waals surface area (Å²) < 4.78 is 34.6. The molecule has 2 N–H and O–H groups in total. The Bertz CT molecular complexity index is 608. The van der Waals surface area contributed by atoms with Crippen molar-refractivity contribution in [1.82, 2.24) is 18.8 Å². The minimum absolute atomic E-state index is 0.180. The van der Waals surface area contributed by atoms with E-state index in [4.69, 9.17) is 0 Å². The molecule has 0 radical (unpaired) electrons. The molecule has 2 rings (SSSR count). The number of nitrogens with zero attached hydrogens (tertiary/aromatic N) is 2. The molecule has 0 aliphatic rings. The highest BCUT2D eigenvalue weighted by Gasteiger charge is 2.18. The molecule has 2 aromatic rings. The van der Waals surface area contributed by atoms with E-state index in [9.17, 15) is 8.42 Å². The van der Waals surface area contributed by atoms with Crippen LogP contribution in [0.15, 0.2) is 23.1 Å². The van der Waals surface area contributed by atoms with Gasteiger partial charge in [0.05, 0.1) is 11.7 Å². The molecule has 8 heteroatoms. The van der Waals surface area contributed by atoms with E-state index in [2.05, 4.69) is 18.8 Å². The van der Waals surface area contributed by atoms with Crippen molar-refractivity contribution in [3.05, 3.63) is 18.2 Å². The third kappa shape index (κ3) is 2.60. The molecular formula is C9H12N4O2S2. The Morgan fingerprint density at radius 1 is 1.29 bits per heavy atom. The van der Waals surface area contributed by atoms with Crippen LogP contribution in [-0.4, -0.2) is 37.3 Å². The first-order valence-corrected chi connectivity index (χ1v) is 7.22. The number of hydrogen-bond donors (Lipinski definition) is 2. The van der Waals surface area contributed by atoms with Crippen molar-refractivity contribution < 1.29 is 8.42 Å². The fourth-order valence-electron chi connectivity index (χ4n) is 1.39. The maximum atomic E-state index is 12.0. The van der Waals surface area contributed by atoms with Crippen LogP contribution >= 0.6 is 11.7 Å². The SMILES string of the molecule is CNCCNS(=O)(=O)c1cccc2nsnc12. The summed E-state index contributed by atoms with van der Waals surface area (Å²) in [6, 6.07) is 4.94. The predicted molar refractivity (Wildman–Crippen MR) is 66.5 cm³/mol. The minimum atomic E-state index is -3.51. The molecular weight excluding hydrogens is 260 g/mol. The van der Waals surface area contributed by atoms with Crippen LogP contribution in [0.5, 0.6) is 0 Å². The first-order chi connectivity index (χ1) is 8.15. The zero-order valence-corrected chi connectivity index (χ0v) is 10.8. The summed E-state index contributed by atoms with van der Waals surface area (Å²) in [7, 11) is -1.75. The Morgan fingerprint density at radius 3 is 2.88 bits per heavy atom. The molecule has 0 bridgehead atoms. The topological polar surface area (TPSA) is 84.0 Å². The van der Waals surface area contributed by atoms with Crippen LogP contribution in [-0.2, 0) is 10.0 Å². The number of aromatic nitrogens is 2. The Morgan fingerprint density at radius 2 is 2.12 bits per heavy atom. The van der Waals surface area contributed by atoms with Crippen LogP contribution in [0.2, 0.25) is 0 Å². The number of likely N-dealkylation sites (N-methyl/N-ethyl adjacent to an activating group) is 1.